The first-order valence-electron chi connectivity index (χ1n) is 7.35. The van der Waals surface area contributed by atoms with Gasteiger partial charge in [-0.25, -0.2) is 4.39 Å². The van der Waals surface area contributed by atoms with Crippen LogP contribution in [0, 0.1) is 5.82 Å². The van der Waals surface area contributed by atoms with E-state index in [2.05, 4.69) is 30.7 Å². The first-order chi connectivity index (χ1) is 9.47. The molecule has 1 aliphatic heterocycles. The van der Waals surface area contributed by atoms with E-state index < -0.39 is 6.10 Å². The standard InChI is InChI=1S/C16H25FN2O/c1-12-10-19(11-13(2)18(12)3)9-8-16(20)14-4-6-15(17)7-5-14/h4-7,12-13,16,20H,8-11H2,1-3H3. The van der Waals surface area contributed by atoms with Crippen LogP contribution in [0.25, 0.3) is 0 Å². The Bertz CT molecular complexity index is 411. The van der Waals surface area contributed by atoms with E-state index in [-0.39, 0.29) is 5.82 Å². The number of hydrogen-bond acceptors (Lipinski definition) is 3. The lowest BCUT2D eigenvalue weighted by atomic mass is 10.0. The maximum absolute atomic E-state index is 12.9. The number of hydrogen-bond donors (Lipinski definition) is 1. The van der Waals surface area contributed by atoms with Crippen molar-refractivity contribution in [3.63, 3.8) is 0 Å². The highest BCUT2D eigenvalue weighted by molar-refractivity contribution is 5.18. The van der Waals surface area contributed by atoms with Gasteiger partial charge in [-0.15, -0.1) is 0 Å². The monoisotopic (exact) mass is 280 g/mol. The lowest BCUT2D eigenvalue weighted by molar-refractivity contribution is 0.0485. The molecule has 1 N–H and O–H groups in total. The van der Waals surface area contributed by atoms with E-state index in [0.29, 0.717) is 18.5 Å². The average Bonchev–Trinajstić information content (AvgIpc) is 2.42. The highest BCUT2D eigenvalue weighted by atomic mass is 19.1. The molecule has 2 rings (SSSR count). The van der Waals surface area contributed by atoms with Crippen LogP contribution >= 0.6 is 0 Å². The molecule has 1 heterocycles. The van der Waals surface area contributed by atoms with Crippen LogP contribution in [0.1, 0.15) is 31.9 Å². The second kappa shape index (κ2) is 6.66. The Balaban J connectivity index is 1.84. The molecule has 1 fully saturated rings. The molecular weight excluding hydrogens is 255 g/mol. The smallest absolute Gasteiger partial charge is 0.123 e. The first-order valence-corrected chi connectivity index (χ1v) is 7.35. The molecule has 0 aromatic heterocycles. The van der Waals surface area contributed by atoms with Gasteiger partial charge in [0.15, 0.2) is 0 Å². The fourth-order valence-electron chi connectivity index (χ4n) is 2.85. The van der Waals surface area contributed by atoms with Gasteiger partial charge in [-0.2, -0.15) is 0 Å². The molecule has 3 unspecified atom stereocenters. The van der Waals surface area contributed by atoms with Crippen molar-refractivity contribution < 1.29 is 9.50 Å². The maximum atomic E-state index is 12.9. The van der Waals surface area contributed by atoms with Gasteiger partial charge >= 0.3 is 0 Å². The number of piperazine rings is 1. The summed E-state index contributed by atoms with van der Waals surface area (Å²) in [4.78, 5) is 4.80. The van der Waals surface area contributed by atoms with Crippen molar-refractivity contribution in [1.29, 1.82) is 0 Å². The summed E-state index contributed by atoms with van der Waals surface area (Å²) in [5.74, 6) is -0.261. The summed E-state index contributed by atoms with van der Waals surface area (Å²) in [5.41, 5.74) is 0.793. The minimum absolute atomic E-state index is 0.261. The largest absolute Gasteiger partial charge is 0.388 e. The van der Waals surface area contributed by atoms with Crippen LogP contribution in [0.3, 0.4) is 0 Å². The number of benzene rings is 1. The van der Waals surface area contributed by atoms with Crippen molar-refractivity contribution in [2.24, 2.45) is 0 Å². The van der Waals surface area contributed by atoms with E-state index in [1.54, 1.807) is 12.1 Å². The molecule has 0 amide bonds. The minimum Gasteiger partial charge on any atom is -0.388 e. The van der Waals surface area contributed by atoms with Crippen LogP contribution in [0.5, 0.6) is 0 Å². The third kappa shape index (κ3) is 3.78. The average molecular weight is 280 g/mol. The number of nitrogens with zero attached hydrogens (tertiary/aromatic N) is 2. The normalized spacial score (nSPS) is 26.6. The van der Waals surface area contributed by atoms with Gasteiger partial charge in [0.1, 0.15) is 5.82 Å². The number of halogens is 1. The lowest BCUT2D eigenvalue weighted by Gasteiger charge is -2.42. The van der Waals surface area contributed by atoms with Crippen molar-refractivity contribution in [3.05, 3.63) is 35.6 Å². The van der Waals surface area contributed by atoms with Crippen LogP contribution in [0.4, 0.5) is 4.39 Å². The molecule has 20 heavy (non-hydrogen) atoms. The molecule has 3 atom stereocenters. The number of likely N-dealkylation sites (N-methyl/N-ethyl adjacent to an activating group) is 1. The summed E-state index contributed by atoms with van der Waals surface area (Å²) in [7, 11) is 2.17. The van der Waals surface area contributed by atoms with Crippen molar-refractivity contribution in [2.75, 3.05) is 26.7 Å². The van der Waals surface area contributed by atoms with Gasteiger partial charge < -0.3 is 10.0 Å². The Morgan fingerprint density at radius 1 is 1.20 bits per heavy atom. The SMILES string of the molecule is CC1CN(CCC(O)c2ccc(F)cc2)CC(C)N1C. The molecule has 1 aromatic rings. The van der Waals surface area contributed by atoms with Gasteiger partial charge in [-0.3, -0.25) is 4.90 Å². The Hall–Kier alpha value is -0.970. The Morgan fingerprint density at radius 2 is 1.75 bits per heavy atom. The zero-order valence-electron chi connectivity index (χ0n) is 12.6. The maximum Gasteiger partial charge on any atom is 0.123 e. The molecule has 0 saturated carbocycles. The summed E-state index contributed by atoms with van der Waals surface area (Å²) in [5, 5.41) is 10.2. The molecule has 1 aromatic carbocycles. The van der Waals surface area contributed by atoms with Gasteiger partial charge in [0.25, 0.3) is 0 Å². The van der Waals surface area contributed by atoms with Crippen molar-refractivity contribution in [3.8, 4) is 0 Å². The van der Waals surface area contributed by atoms with Crippen LogP contribution in [0.15, 0.2) is 24.3 Å². The van der Waals surface area contributed by atoms with Crippen LogP contribution in [-0.4, -0.2) is 53.7 Å². The highest BCUT2D eigenvalue weighted by Gasteiger charge is 2.26. The van der Waals surface area contributed by atoms with Crippen molar-refractivity contribution in [1.82, 2.24) is 9.80 Å². The molecule has 0 radical (unpaired) electrons. The summed E-state index contributed by atoms with van der Waals surface area (Å²) in [6, 6.07) is 7.21. The topological polar surface area (TPSA) is 26.7 Å². The molecule has 0 spiro atoms. The third-order valence-corrected chi connectivity index (χ3v) is 4.41. The molecular formula is C16H25FN2O. The van der Waals surface area contributed by atoms with E-state index in [0.717, 1.165) is 25.2 Å². The summed E-state index contributed by atoms with van der Waals surface area (Å²) < 4.78 is 12.9. The molecule has 4 heteroatoms. The van der Waals surface area contributed by atoms with Gasteiger partial charge in [0.05, 0.1) is 6.10 Å². The van der Waals surface area contributed by atoms with E-state index in [4.69, 9.17) is 0 Å². The zero-order valence-corrected chi connectivity index (χ0v) is 12.6. The Kier molecular flexibility index (Phi) is 5.13. The minimum atomic E-state index is -0.513. The highest BCUT2D eigenvalue weighted by Crippen LogP contribution is 2.19. The quantitative estimate of drug-likeness (QED) is 0.916. The Morgan fingerprint density at radius 3 is 2.30 bits per heavy atom. The number of rotatable bonds is 4. The summed E-state index contributed by atoms with van der Waals surface area (Å²) >= 11 is 0. The van der Waals surface area contributed by atoms with Crippen LogP contribution in [0.2, 0.25) is 0 Å². The second-order valence-corrected chi connectivity index (χ2v) is 5.98. The van der Waals surface area contributed by atoms with E-state index in [1.807, 2.05) is 0 Å². The fourth-order valence-corrected chi connectivity index (χ4v) is 2.85. The molecule has 1 saturated heterocycles. The predicted octanol–water partition coefficient (Wildman–Crippen LogP) is 2.27. The molecule has 112 valence electrons. The second-order valence-electron chi connectivity index (χ2n) is 5.98. The van der Waals surface area contributed by atoms with Gasteiger partial charge in [0.2, 0.25) is 0 Å². The van der Waals surface area contributed by atoms with E-state index in [1.165, 1.54) is 12.1 Å². The molecule has 1 aliphatic rings. The van der Waals surface area contributed by atoms with E-state index >= 15 is 0 Å². The lowest BCUT2D eigenvalue weighted by Crippen LogP contribution is -2.55. The van der Waals surface area contributed by atoms with Crippen molar-refractivity contribution >= 4 is 0 Å². The Labute approximate surface area is 121 Å². The van der Waals surface area contributed by atoms with Crippen LogP contribution < -0.4 is 0 Å². The number of aliphatic hydroxyl groups is 1. The fraction of sp³-hybridized carbons (Fsp3) is 0.625. The first kappa shape index (κ1) is 15.4. The summed E-state index contributed by atoms with van der Waals surface area (Å²) in [6.45, 7) is 7.42. The molecule has 0 bridgehead atoms. The van der Waals surface area contributed by atoms with E-state index in [9.17, 15) is 9.50 Å². The van der Waals surface area contributed by atoms with Gasteiger partial charge in [0, 0.05) is 31.7 Å². The van der Waals surface area contributed by atoms with Crippen molar-refractivity contribution in [2.45, 2.75) is 38.5 Å². The zero-order chi connectivity index (χ0) is 14.7. The molecule has 0 aliphatic carbocycles. The van der Waals surface area contributed by atoms with Gasteiger partial charge in [-0.1, -0.05) is 12.1 Å². The third-order valence-electron chi connectivity index (χ3n) is 4.41. The predicted molar refractivity (Wildman–Crippen MR) is 79.1 cm³/mol. The number of aliphatic hydroxyl groups excluding tert-OH is 1. The summed E-state index contributed by atoms with van der Waals surface area (Å²) in [6.07, 6.45) is 0.176. The van der Waals surface area contributed by atoms with Gasteiger partial charge in [-0.05, 0) is 45.0 Å². The van der Waals surface area contributed by atoms with Crippen LogP contribution in [-0.2, 0) is 0 Å². The molecule has 3 nitrogen and oxygen atoms in total.